The monoisotopic (exact) mass is 612 g/mol. The van der Waals surface area contributed by atoms with Gasteiger partial charge in [0, 0.05) is 36.8 Å². The number of benzene rings is 3. The first-order valence-corrected chi connectivity index (χ1v) is 15.6. The summed E-state index contributed by atoms with van der Waals surface area (Å²) in [5.74, 6) is -0.985. The van der Waals surface area contributed by atoms with Crippen molar-refractivity contribution in [3.05, 3.63) is 153 Å². The van der Waals surface area contributed by atoms with Gasteiger partial charge in [-0.3, -0.25) is 28.5 Å². The molecule has 3 amide bonds. The number of carbonyl (C=O) groups is 3. The van der Waals surface area contributed by atoms with Crippen molar-refractivity contribution < 1.29 is 14.4 Å². The second kappa shape index (κ2) is 12.9. The second-order valence-corrected chi connectivity index (χ2v) is 12.1. The highest BCUT2D eigenvalue weighted by atomic mass is 16.2. The quantitative estimate of drug-likeness (QED) is 0.177. The van der Waals surface area contributed by atoms with E-state index in [2.05, 4.69) is 0 Å². The van der Waals surface area contributed by atoms with Gasteiger partial charge in [-0.05, 0) is 61.2 Å². The van der Waals surface area contributed by atoms with Gasteiger partial charge in [0.1, 0.15) is 5.65 Å². The minimum Gasteiger partial charge on any atom is -0.330 e. The lowest BCUT2D eigenvalue weighted by Crippen LogP contribution is -2.42. The van der Waals surface area contributed by atoms with Crippen molar-refractivity contribution in [3.63, 3.8) is 0 Å². The maximum absolute atomic E-state index is 14.4. The highest BCUT2D eigenvalue weighted by Gasteiger charge is 2.36. The standard InChI is InChI=1S/C38H36N4O4/c1-25(2)34(33-31(24-27-12-5-4-6-13-27)38(46)40-21-10-9-16-32(40)39-33)41(35(43)28-19-17-26(3)18-20-28)22-11-23-42-36(44)29-14-7-8-15-30(29)37(42)45/h4-10,12-21,25,34H,11,22-24H2,1-3H3. The van der Waals surface area contributed by atoms with E-state index in [0.29, 0.717) is 46.4 Å². The van der Waals surface area contributed by atoms with Crippen molar-refractivity contribution in [1.29, 1.82) is 0 Å². The molecule has 1 unspecified atom stereocenters. The van der Waals surface area contributed by atoms with Crippen LogP contribution in [0.5, 0.6) is 0 Å². The van der Waals surface area contributed by atoms with Gasteiger partial charge in [-0.2, -0.15) is 0 Å². The third-order valence-electron chi connectivity index (χ3n) is 8.55. The molecule has 1 aliphatic rings. The van der Waals surface area contributed by atoms with Gasteiger partial charge < -0.3 is 4.90 Å². The zero-order valence-corrected chi connectivity index (χ0v) is 26.2. The Labute approximate surface area is 267 Å². The summed E-state index contributed by atoms with van der Waals surface area (Å²) < 4.78 is 1.55. The van der Waals surface area contributed by atoms with E-state index in [0.717, 1.165) is 11.1 Å². The van der Waals surface area contributed by atoms with Crippen LogP contribution in [0.4, 0.5) is 0 Å². The van der Waals surface area contributed by atoms with Crippen LogP contribution in [0.25, 0.3) is 5.65 Å². The summed E-state index contributed by atoms with van der Waals surface area (Å²) in [7, 11) is 0. The number of aryl methyl sites for hydroxylation is 1. The fourth-order valence-corrected chi connectivity index (χ4v) is 6.25. The highest BCUT2D eigenvalue weighted by Crippen LogP contribution is 2.32. The van der Waals surface area contributed by atoms with Crippen molar-refractivity contribution in [2.45, 2.75) is 39.7 Å². The molecule has 3 heterocycles. The lowest BCUT2D eigenvalue weighted by molar-refractivity contribution is 0.0583. The first-order chi connectivity index (χ1) is 22.2. The smallest absolute Gasteiger partial charge is 0.261 e. The van der Waals surface area contributed by atoms with Gasteiger partial charge in [-0.1, -0.05) is 80.1 Å². The molecule has 5 aromatic rings. The van der Waals surface area contributed by atoms with Crippen molar-refractivity contribution in [2.24, 2.45) is 5.92 Å². The Morgan fingerprint density at radius 1 is 0.804 bits per heavy atom. The Morgan fingerprint density at radius 3 is 2.09 bits per heavy atom. The molecule has 1 aliphatic heterocycles. The molecule has 3 aromatic carbocycles. The van der Waals surface area contributed by atoms with Crippen molar-refractivity contribution in [3.8, 4) is 0 Å². The lowest BCUT2D eigenvalue weighted by Gasteiger charge is -2.36. The molecule has 232 valence electrons. The molecule has 8 heteroatoms. The lowest BCUT2D eigenvalue weighted by atomic mass is 9.92. The van der Waals surface area contributed by atoms with E-state index in [-0.39, 0.29) is 42.3 Å². The molecule has 8 nitrogen and oxygen atoms in total. The zero-order valence-electron chi connectivity index (χ0n) is 26.2. The topological polar surface area (TPSA) is 92.1 Å². The molecule has 0 saturated carbocycles. The predicted octanol–water partition coefficient (Wildman–Crippen LogP) is 6.12. The number of hydrogen-bond acceptors (Lipinski definition) is 5. The molecule has 0 saturated heterocycles. The average molecular weight is 613 g/mol. The molecule has 0 radical (unpaired) electrons. The number of imide groups is 1. The summed E-state index contributed by atoms with van der Waals surface area (Å²) >= 11 is 0. The fourth-order valence-electron chi connectivity index (χ4n) is 6.25. The van der Waals surface area contributed by atoms with E-state index in [4.69, 9.17) is 4.98 Å². The van der Waals surface area contributed by atoms with Crippen LogP contribution in [0.15, 0.2) is 108 Å². The molecule has 0 bridgehead atoms. The Balaban J connectivity index is 1.41. The van der Waals surface area contributed by atoms with Gasteiger partial charge in [-0.15, -0.1) is 0 Å². The molecular formula is C38H36N4O4. The van der Waals surface area contributed by atoms with Crippen LogP contribution in [0.1, 0.15) is 79.8 Å². The number of fused-ring (bicyclic) bond motifs is 2. The Bertz CT molecular complexity index is 1950. The Kier molecular flexibility index (Phi) is 8.61. The summed E-state index contributed by atoms with van der Waals surface area (Å²) in [5.41, 5.74) is 4.69. The van der Waals surface area contributed by atoms with Crippen molar-refractivity contribution in [1.82, 2.24) is 19.2 Å². The normalized spacial score (nSPS) is 13.3. The van der Waals surface area contributed by atoms with E-state index in [1.165, 1.54) is 4.90 Å². The minimum atomic E-state index is -0.562. The molecule has 0 aliphatic carbocycles. The van der Waals surface area contributed by atoms with Gasteiger partial charge in [0.2, 0.25) is 0 Å². The zero-order chi connectivity index (χ0) is 32.4. The number of carbonyl (C=O) groups excluding carboxylic acids is 3. The largest absolute Gasteiger partial charge is 0.330 e. The molecule has 0 N–H and O–H groups in total. The number of hydrogen-bond donors (Lipinski definition) is 0. The van der Waals surface area contributed by atoms with Crippen LogP contribution >= 0.6 is 0 Å². The van der Waals surface area contributed by atoms with Gasteiger partial charge in [0.05, 0.1) is 22.9 Å². The van der Waals surface area contributed by atoms with Crippen LogP contribution in [-0.4, -0.2) is 50.0 Å². The van der Waals surface area contributed by atoms with E-state index >= 15 is 0 Å². The van der Waals surface area contributed by atoms with Gasteiger partial charge >= 0.3 is 0 Å². The fraction of sp³-hybridized carbons (Fsp3) is 0.237. The number of aromatic nitrogens is 2. The van der Waals surface area contributed by atoms with Gasteiger partial charge in [0.25, 0.3) is 23.3 Å². The van der Waals surface area contributed by atoms with Gasteiger partial charge in [-0.25, -0.2) is 4.98 Å². The number of nitrogens with zero attached hydrogens (tertiary/aromatic N) is 4. The Hall–Kier alpha value is -5.37. The van der Waals surface area contributed by atoms with Crippen LogP contribution in [-0.2, 0) is 6.42 Å². The predicted molar refractivity (Wildman–Crippen MR) is 177 cm³/mol. The Morgan fingerprint density at radius 2 is 1.43 bits per heavy atom. The maximum Gasteiger partial charge on any atom is 0.261 e. The first-order valence-electron chi connectivity index (χ1n) is 15.6. The highest BCUT2D eigenvalue weighted by molar-refractivity contribution is 6.21. The summed E-state index contributed by atoms with van der Waals surface area (Å²) in [6.45, 7) is 6.40. The molecule has 2 aromatic heterocycles. The molecular weight excluding hydrogens is 576 g/mol. The SMILES string of the molecule is Cc1ccc(C(=O)N(CCCN2C(=O)c3ccccc3C2=O)C(c2nc3ccccn3c(=O)c2Cc2ccccc2)C(C)C)cc1. The summed E-state index contributed by atoms with van der Waals surface area (Å²) in [6, 6.07) is 28.9. The summed E-state index contributed by atoms with van der Waals surface area (Å²) in [5, 5.41) is 0. The van der Waals surface area contributed by atoms with Crippen LogP contribution in [0, 0.1) is 12.8 Å². The molecule has 0 spiro atoms. The third kappa shape index (κ3) is 5.86. The summed E-state index contributed by atoms with van der Waals surface area (Å²) in [6.07, 6.45) is 2.42. The van der Waals surface area contributed by atoms with Crippen LogP contribution in [0.2, 0.25) is 0 Å². The molecule has 1 atom stereocenters. The van der Waals surface area contributed by atoms with Crippen molar-refractivity contribution >= 4 is 23.4 Å². The number of rotatable bonds is 10. The third-order valence-corrected chi connectivity index (χ3v) is 8.55. The van der Waals surface area contributed by atoms with E-state index in [9.17, 15) is 19.2 Å². The van der Waals surface area contributed by atoms with Crippen LogP contribution < -0.4 is 5.56 Å². The van der Waals surface area contributed by atoms with Crippen molar-refractivity contribution in [2.75, 3.05) is 13.1 Å². The van der Waals surface area contributed by atoms with Gasteiger partial charge in [0.15, 0.2) is 0 Å². The molecule has 6 rings (SSSR count). The van der Waals surface area contributed by atoms with E-state index < -0.39 is 6.04 Å². The minimum absolute atomic E-state index is 0.124. The van der Waals surface area contributed by atoms with Crippen LogP contribution in [0.3, 0.4) is 0 Å². The second-order valence-electron chi connectivity index (χ2n) is 12.1. The van der Waals surface area contributed by atoms with E-state index in [1.807, 2.05) is 69.3 Å². The number of amides is 3. The van der Waals surface area contributed by atoms with E-state index in [1.54, 1.807) is 64.0 Å². The number of pyridine rings is 1. The molecule has 46 heavy (non-hydrogen) atoms. The summed E-state index contributed by atoms with van der Waals surface area (Å²) in [4.78, 5) is 62.7. The maximum atomic E-state index is 14.4. The molecule has 0 fully saturated rings. The first kappa shape index (κ1) is 30.6. The average Bonchev–Trinajstić information content (AvgIpc) is 3.31.